The number of carbonyl (C=O) groups excluding carboxylic acids is 2. The number of benzene rings is 1. The van der Waals surface area contributed by atoms with Gasteiger partial charge in [-0.3, -0.25) is 4.79 Å². The summed E-state index contributed by atoms with van der Waals surface area (Å²) in [6, 6.07) is 13.2. The summed E-state index contributed by atoms with van der Waals surface area (Å²) >= 11 is 0. The van der Waals surface area contributed by atoms with Gasteiger partial charge in [0.15, 0.2) is 6.10 Å². The fourth-order valence-electron chi connectivity index (χ4n) is 3.81. The molecule has 0 saturated heterocycles. The van der Waals surface area contributed by atoms with Crippen LogP contribution in [0.4, 0.5) is 5.82 Å². The molecule has 1 N–H and O–H groups in total. The quantitative estimate of drug-likeness (QED) is 0.264. The third kappa shape index (κ3) is 5.84. The molecule has 0 bridgehead atoms. The molecule has 1 atom stereocenters. The van der Waals surface area contributed by atoms with Crippen LogP contribution in [0.2, 0.25) is 0 Å². The van der Waals surface area contributed by atoms with E-state index in [2.05, 4.69) is 10.4 Å². The lowest BCUT2D eigenvalue weighted by Gasteiger charge is -2.15. The second-order valence-corrected chi connectivity index (χ2v) is 8.55. The molecular weight excluding hydrogens is 458 g/mol. The van der Waals surface area contributed by atoms with E-state index in [-0.39, 0.29) is 11.6 Å². The van der Waals surface area contributed by atoms with E-state index in [0.717, 1.165) is 22.8 Å². The fourth-order valence-corrected chi connectivity index (χ4v) is 3.81. The van der Waals surface area contributed by atoms with Gasteiger partial charge in [0, 0.05) is 29.2 Å². The van der Waals surface area contributed by atoms with Crippen LogP contribution in [0.25, 0.3) is 11.8 Å². The number of esters is 1. The van der Waals surface area contributed by atoms with Gasteiger partial charge in [0.1, 0.15) is 23.2 Å². The summed E-state index contributed by atoms with van der Waals surface area (Å²) in [5, 5.41) is 16.5. The van der Waals surface area contributed by atoms with Gasteiger partial charge >= 0.3 is 5.97 Å². The van der Waals surface area contributed by atoms with Crippen LogP contribution in [0, 0.1) is 25.2 Å². The van der Waals surface area contributed by atoms with Crippen molar-refractivity contribution >= 4 is 23.8 Å². The van der Waals surface area contributed by atoms with Gasteiger partial charge in [-0.1, -0.05) is 0 Å². The second kappa shape index (κ2) is 11.4. The third-order valence-electron chi connectivity index (χ3n) is 5.58. The number of nitrogens with zero attached hydrogens (tertiary/aromatic N) is 4. The first-order valence-corrected chi connectivity index (χ1v) is 11.8. The first-order chi connectivity index (χ1) is 17.2. The van der Waals surface area contributed by atoms with Gasteiger partial charge in [0.25, 0.3) is 5.91 Å². The number of aryl methyl sites for hydroxylation is 1. The molecule has 1 unspecified atom stereocenters. The van der Waals surface area contributed by atoms with Gasteiger partial charge in [0.05, 0.1) is 12.8 Å². The van der Waals surface area contributed by atoms with Crippen LogP contribution in [0.3, 0.4) is 0 Å². The maximum atomic E-state index is 12.7. The molecule has 0 radical (unpaired) electrons. The number of hydrogen-bond donors (Lipinski definition) is 1. The highest BCUT2D eigenvalue weighted by Gasteiger charge is 2.22. The van der Waals surface area contributed by atoms with Crippen molar-refractivity contribution in [3.8, 4) is 17.5 Å². The van der Waals surface area contributed by atoms with Crippen LogP contribution >= 0.6 is 0 Å². The van der Waals surface area contributed by atoms with Gasteiger partial charge in [-0.2, -0.15) is 10.4 Å². The molecule has 0 aliphatic heterocycles. The molecule has 2 aromatic heterocycles. The Bertz CT molecular complexity index is 1310. The van der Waals surface area contributed by atoms with Crippen molar-refractivity contribution in [1.82, 2.24) is 14.3 Å². The highest BCUT2D eigenvalue weighted by atomic mass is 16.5. The van der Waals surface area contributed by atoms with E-state index in [1.54, 1.807) is 16.9 Å². The molecule has 0 aliphatic rings. The monoisotopic (exact) mass is 489 g/mol. The molecule has 0 saturated carbocycles. The molecule has 3 aromatic rings. The molecule has 0 fully saturated rings. The Labute approximate surface area is 210 Å². The number of nitriles is 1. The van der Waals surface area contributed by atoms with Crippen LogP contribution < -0.4 is 10.1 Å². The largest absolute Gasteiger partial charge is 0.494 e. The van der Waals surface area contributed by atoms with Crippen molar-refractivity contribution in [3.05, 3.63) is 65.1 Å². The minimum absolute atomic E-state index is 0.0443. The van der Waals surface area contributed by atoms with Gasteiger partial charge in [-0.25, -0.2) is 9.48 Å². The topological polar surface area (TPSA) is 111 Å². The molecule has 3 rings (SSSR count). The number of amides is 1. The maximum Gasteiger partial charge on any atom is 0.349 e. The minimum atomic E-state index is -1.11. The number of nitrogens with one attached hydrogen (secondary N) is 1. The number of rotatable bonds is 9. The lowest BCUT2D eigenvalue weighted by Crippen LogP contribution is -2.31. The molecule has 1 amide bonds. The van der Waals surface area contributed by atoms with Gasteiger partial charge < -0.3 is 19.4 Å². The number of aromatic nitrogens is 3. The SMILES string of the molecule is CCOc1ccc(-n2c(C)cc(/C=C(\C#N)C(=O)OC(C)C(=O)Nc3ccnn3C(C)C)c2C)cc1. The summed E-state index contributed by atoms with van der Waals surface area (Å²) in [6.07, 6.45) is 1.95. The van der Waals surface area contributed by atoms with E-state index < -0.39 is 18.0 Å². The third-order valence-corrected chi connectivity index (χ3v) is 5.58. The molecule has 9 heteroatoms. The Balaban J connectivity index is 1.76. The molecule has 1 aromatic carbocycles. The first kappa shape index (κ1) is 26.3. The van der Waals surface area contributed by atoms with Gasteiger partial charge in [-0.05, 0) is 83.5 Å². The molecule has 0 spiro atoms. The summed E-state index contributed by atoms with van der Waals surface area (Å²) in [5.41, 5.74) is 3.22. The van der Waals surface area contributed by atoms with E-state index in [0.29, 0.717) is 18.0 Å². The molecule has 9 nitrogen and oxygen atoms in total. The Hall–Kier alpha value is -4.32. The number of ether oxygens (including phenoxy) is 2. The molecule has 0 aliphatic carbocycles. The zero-order chi connectivity index (χ0) is 26.4. The van der Waals surface area contributed by atoms with E-state index in [1.807, 2.05) is 75.6 Å². The summed E-state index contributed by atoms with van der Waals surface area (Å²) in [4.78, 5) is 25.3. The number of hydrogen-bond acceptors (Lipinski definition) is 6. The van der Waals surface area contributed by atoms with Gasteiger partial charge in [0.2, 0.25) is 0 Å². The molecule has 188 valence electrons. The second-order valence-electron chi connectivity index (χ2n) is 8.55. The smallest absolute Gasteiger partial charge is 0.349 e. The van der Waals surface area contributed by atoms with Crippen molar-refractivity contribution in [3.63, 3.8) is 0 Å². The van der Waals surface area contributed by atoms with Crippen molar-refractivity contribution in [1.29, 1.82) is 5.26 Å². The zero-order valence-electron chi connectivity index (χ0n) is 21.4. The Morgan fingerprint density at radius 2 is 1.86 bits per heavy atom. The van der Waals surface area contributed by atoms with Crippen LogP contribution in [0.5, 0.6) is 5.75 Å². The van der Waals surface area contributed by atoms with Crippen LogP contribution in [-0.4, -0.2) is 38.9 Å². The van der Waals surface area contributed by atoms with Gasteiger partial charge in [-0.15, -0.1) is 0 Å². The van der Waals surface area contributed by atoms with Crippen molar-refractivity contribution in [2.24, 2.45) is 0 Å². The highest BCUT2D eigenvalue weighted by molar-refractivity contribution is 6.01. The maximum absolute atomic E-state index is 12.7. The number of carbonyl (C=O) groups is 2. The first-order valence-electron chi connectivity index (χ1n) is 11.8. The highest BCUT2D eigenvalue weighted by Crippen LogP contribution is 2.25. The molecule has 36 heavy (non-hydrogen) atoms. The molecule has 2 heterocycles. The fraction of sp³-hybridized carbons (Fsp3) is 0.333. The summed E-state index contributed by atoms with van der Waals surface area (Å²) in [7, 11) is 0. The Morgan fingerprint density at radius 1 is 1.17 bits per heavy atom. The Morgan fingerprint density at radius 3 is 2.47 bits per heavy atom. The standard InChI is InChI=1S/C27H31N5O4/c1-7-35-24-10-8-23(9-11-24)31-18(4)14-21(19(31)5)15-22(16-28)27(34)36-20(6)26(33)30-25-12-13-29-32(25)17(2)3/h8-15,17,20H,7H2,1-6H3,(H,30,33)/b22-15+. The predicted octanol–water partition coefficient (Wildman–Crippen LogP) is 4.75. The average molecular weight is 490 g/mol. The van der Waals surface area contributed by atoms with E-state index in [4.69, 9.17) is 9.47 Å². The summed E-state index contributed by atoms with van der Waals surface area (Å²) in [5.74, 6) is -0.110. The summed E-state index contributed by atoms with van der Waals surface area (Å²) in [6.45, 7) is 11.7. The lowest BCUT2D eigenvalue weighted by atomic mass is 10.1. The van der Waals surface area contributed by atoms with E-state index in [1.165, 1.54) is 13.0 Å². The molecular formula is C27H31N5O4. The minimum Gasteiger partial charge on any atom is -0.494 e. The lowest BCUT2D eigenvalue weighted by molar-refractivity contribution is -0.148. The zero-order valence-corrected chi connectivity index (χ0v) is 21.4. The predicted molar refractivity (Wildman–Crippen MR) is 137 cm³/mol. The van der Waals surface area contributed by atoms with E-state index in [9.17, 15) is 14.9 Å². The van der Waals surface area contributed by atoms with Crippen LogP contribution in [0.15, 0.2) is 48.2 Å². The van der Waals surface area contributed by atoms with Crippen LogP contribution in [0.1, 0.15) is 50.7 Å². The van der Waals surface area contributed by atoms with E-state index >= 15 is 0 Å². The number of anilines is 1. The van der Waals surface area contributed by atoms with Crippen LogP contribution in [-0.2, 0) is 14.3 Å². The average Bonchev–Trinajstić information content (AvgIpc) is 3.41. The van der Waals surface area contributed by atoms with Crippen molar-refractivity contribution < 1.29 is 19.1 Å². The summed E-state index contributed by atoms with van der Waals surface area (Å²) < 4.78 is 14.5. The normalized spacial score (nSPS) is 12.2. The van der Waals surface area contributed by atoms with Crippen molar-refractivity contribution in [2.75, 3.05) is 11.9 Å². The van der Waals surface area contributed by atoms with Crippen molar-refractivity contribution in [2.45, 2.75) is 53.7 Å². The Kier molecular flexibility index (Phi) is 8.33.